The van der Waals surface area contributed by atoms with Crippen molar-refractivity contribution in [2.75, 3.05) is 0 Å². The highest BCUT2D eigenvalue weighted by Crippen LogP contribution is 2.29. The van der Waals surface area contributed by atoms with Crippen molar-refractivity contribution in [3.8, 4) is 11.4 Å². The second-order valence-electron chi connectivity index (χ2n) is 8.36. The van der Waals surface area contributed by atoms with E-state index in [-0.39, 0.29) is 0 Å². The summed E-state index contributed by atoms with van der Waals surface area (Å²) >= 11 is 7.25. The Bertz CT molecular complexity index is 682. The van der Waals surface area contributed by atoms with E-state index >= 15 is 0 Å². The normalized spacial score (nSPS) is 11.2. The number of hydrogen-bond donors (Lipinski definition) is 0. The molecule has 0 unspecified atom stereocenters. The Balaban J connectivity index is 2.07. The Labute approximate surface area is 201 Å². The molecule has 0 saturated carbocycles. The van der Waals surface area contributed by atoms with E-state index in [2.05, 4.69) is 57.8 Å². The molecule has 2 rings (SSSR count). The van der Waals surface area contributed by atoms with Crippen LogP contribution in [0.25, 0.3) is 11.4 Å². The number of unbranched alkanes of at least 4 members (excludes halogenated alkanes) is 10. The SMILES string of the molecule is CCCCCCCCc1cc(Br)cnc1-c1ncc(Br)cc1CCCCCCCC. The van der Waals surface area contributed by atoms with Crippen LogP contribution in [-0.2, 0) is 12.8 Å². The Kier molecular flexibility index (Phi) is 12.9. The molecule has 0 atom stereocenters. The second-order valence-corrected chi connectivity index (χ2v) is 10.2. The van der Waals surface area contributed by atoms with Gasteiger partial charge in [-0.15, -0.1) is 0 Å². The molecule has 30 heavy (non-hydrogen) atoms. The Morgan fingerprint density at radius 1 is 0.567 bits per heavy atom. The molecule has 2 aromatic heterocycles. The van der Waals surface area contributed by atoms with Crippen molar-refractivity contribution in [2.24, 2.45) is 0 Å². The smallest absolute Gasteiger partial charge is 0.0921 e. The first-order chi connectivity index (χ1) is 14.7. The van der Waals surface area contributed by atoms with Crippen LogP contribution in [0.2, 0.25) is 0 Å². The minimum absolute atomic E-state index is 1.06. The van der Waals surface area contributed by atoms with Gasteiger partial charge in [-0.05, 0) is 80.8 Å². The quantitative estimate of drug-likeness (QED) is 0.211. The Morgan fingerprint density at radius 2 is 0.933 bits per heavy atom. The molecule has 0 radical (unpaired) electrons. The molecule has 0 N–H and O–H groups in total. The van der Waals surface area contributed by atoms with Gasteiger partial charge in [0, 0.05) is 21.3 Å². The summed E-state index contributed by atoms with van der Waals surface area (Å²) in [5.41, 5.74) is 4.78. The summed E-state index contributed by atoms with van der Waals surface area (Å²) in [7, 11) is 0. The molecular formula is C26H38Br2N2. The molecule has 0 fully saturated rings. The minimum Gasteiger partial charge on any atom is -0.253 e. The van der Waals surface area contributed by atoms with E-state index in [1.807, 2.05) is 12.4 Å². The second kappa shape index (κ2) is 15.1. The first-order valence-corrected chi connectivity index (χ1v) is 13.5. The molecule has 2 nitrogen and oxygen atoms in total. The van der Waals surface area contributed by atoms with Crippen LogP contribution in [0, 0.1) is 0 Å². The number of halogens is 2. The van der Waals surface area contributed by atoms with E-state index in [4.69, 9.17) is 9.97 Å². The monoisotopic (exact) mass is 536 g/mol. The molecule has 0 spiro atoms. The van der Waals surface area contributed by atoms with Crippen LogP contribution in [0.4, 0.5) is 0 Å². The maximum atomic E-state index is 4.81. The summed E-state index contributed by atoms with van der Waals surface area (Å²) in [5.74, 6) is 0. The molecule has 2 heterocycles. The van der Waals surface area contributed by atoms with Crippen LogP contribution in [0.15, 0.2) is 33.5 Å². The number of nitrogens with zero attached hydrogens (tertiary/aromatic N) is 2. The van der Waals surface area contributed by atoms with Gasteiger partial charge in [-0.25, -0.2) is 0 Å². The van der Waals surface area contributed by atoms with Crippen LogP contribution in [0.1, 0.15) is 102 Å². The van der Waals surface area contributed by atoms with Crippen molar-refractivity contribution >= 4 is 31.9 Å². The Morgan fingerprint density at radius 3 is 1.33 bits per heavy atom. The van der Waals surface area contributed by atoms with Gasteiger partial charge in [0.15, 0.2) is 0 Å². The minimum atomic E-state index is 1.06. The first kappa shape index (κ1) is 25.5. The zero-order valence-electron chi connectivity index (χ0n) is 18.9. The van der Waals surface area contributed by atoms with Crippen molar-refractivity contribution in [2.45, 2.75) is 104 Å². The van der Waals surface area contributed by atoms with Crippen LogP contribution < -0.4 is 0 Å². The standard InChI is InChI=1S/C26H38Br2N2/c1-3-5-7-9-11-13-15-21-17-23(27)19-29-25(21)26-22(18-24(28)20-30-26)16-14-12-10-8-6-4-2/h17-20H,3-16H2,1-2H3. The topological polar surface area (TPSA) is 25.8 Å². The number of aryl methyl sites for hydroxylation is 2. The summed E-state index contributed by atoms with van der Waals surface area (Å²) < 4.78 is 2.11. The van der Waals surface area contributed by atoms with Crippen molar-refractivity contribution in [3.05, 3.63) is 44.6 Å². The largest absolute Gasteiger partial charge is 0.253 e. The maximum absolute atomic E-state index is 4.81. The molecule has 166 valence electrons. The summed E-state index contributed by atoms with van der Waals surface area (Å²) in [6.07, 6.45) is 21.7. The van der Waals surface area contributed by atoms with E-state index in [9.17, 15) is 0 Å². The highest BCUT2D eigenvalue weighted by atomic mass is 79.9. The van der Waals surface area contributed by atoms with Crippen LogP contribution in [0.3, 0.4) is 0 Å². The van der Waals surface area contributed by atoms with Gasteiger partial charge in [-0.1, -0.05) is 78.1 Å². The van der Waals surface area contributed by atoms with E-state index in [1.165, 1.54) is 88.2 Å². The van der Waals surface area contributed by atoms with Crippen LogP contribution in [-0.4, -0.2) is 9.97 Å². The molecule has 4 heteroatoms. The van der Waals surface area contributed by atoms with Crippen LogP contribution >= 0.6 is 31.9 Å². The Hall–Kier alpha value is -0.740. The molecule has 0 aliphatic rings. The lowest BCUT2D eigenvalue weighted by molar-refractivity contribution is 0.606. The summed E-state index contributed by atoms with van der Waals surface area (Å²) in [6, 6.07) is 4.49. The number of pyridine rings is 2. The summed E-state index contributed by atoms with van der Waals surface area (Å²) in [6.45, 7) is 4.54. The average Bonchev–Trinajstić information content (AvgIpc) is 2.74. The predicted octanol–water partition coefficient (Wildman–Crippen LogP) is 9.47. The number of rotatable bonds is 15. The third kappa shape index (κ3) is 9.18. The van der Waals surface area contributed by atoms with E-state index in [1.54, 1.807) is 0 Å². The lowest BCUT2D eigenvalue weighted by atomic mass is 9.98. The van der Waals surface area contributed by atoms with Gasteiger partial charge in [0.05, 0.1) is 11.4 Å². The molecule has 0 saturated heterocycles. The fourth-order valence-electron chi connectivity index (χ4n) is 3.96. The van der Waals surface area contributed by atoms with Crippen molar-refractivity contribution in [1.82, 2.24) is 9.97 Å². The lowest BCUT2D eigenvalue weighted by Crippen LogP contribution is -2.01. The highest BCUT2D eigenvalue weighted by molar-refractivity contribution is 9.10. The van der Waals surface area contributed by atoms with Crippen LogP contribution in [0.5, 0.6) is 0 Å². The van der Waals surface area contributed by atoms with E-state index in [0.29, 0.717) is 0 Å². The zero-order chi connectivity index (χ0) is 21.6. The molecule has 2 aromatic rings. The van der Waals surface area contributed by atoms with Crippen molar-refractivity contribution < 1.29 is 0 Å². The fraction of sp³-hybridized carbons (Fsp3) is 0.615. The lowest BCUT2D eigenvalue weighted by Gasteiger charge is -2.13. The van der Waals surface area contributed by atoms with E-state index in [0.717, 1.165) is 33.2 Å². The molecular weight excluding hydrogens is 500 g/mol. The van der Waals surface area contributed by atoms with Gasteiger partial charge >= 0.3 is 0 Å². The number of hydrogen-bond acceptors (Lipinski definition) is 2. The molecule has 0 bridgehead atoms. The summed E-state index contributed by atoms with van der Waals surface area (Å²) in [5, 5.41) is 0. The number of aromatic nitrogens is 2. The van der Waals surface area contributed by atoms with Gasteiger partial charge in [0.25, 0.3) is 0 Å². The van der Waals surface area contributed by atoms with Crippen molar-refractivity contribution in [3.63, 3.8) is 0 Å². The van der Waals surface area contributed by atoms with Gasteiger partial charge in [0.2, 0.25) is 0 Å². The molecule has 0 aliphatic carbocycles. The fourth-order valence-corrected chi connectivity index (χ4v) is 4.72. The van der Waals surface area contributed by atoms with Gasteiger partial charge < -0.3 is 0 Å². The van der Waals surface area contributed by atoms with Gasteiger partial charge in [-0.2, -0.15) is 0 Å². The summed E-state index contributed by atoms with van der Waals surface area (Å²) in [4.78, 5) is 9.62. The highest BCUT2D eigenvalue weighted by Gasteiger charge is 2.14. The van der Waals surface area contributed by atoms with Gasteiger partial charge in [0.1, 0.15) is 0 Å². The molecule has 0 amide bonds. The zero-order valence-corrected chi connectivity index (χ0v) is 22.0. The maximum Gasteiger partial charge on any atom is 0.0921 e. The first-order valence-electron chi connectivity index (χ1n) is 11.9. The van der Waals surface area contributed by atoms with Crippen molar-refractivity contribution in [1.29, 1.82) is 0 Å². The third-order valence-corrected chi connectivity index (χ3v) is 6.56. The molecule has 0 aromatic carbocycles. The average molecular weight is 538 g/mol. The van der Waals surface area contributed by atoms with Gasteiger partial charge in [-0.3, -0.25) is 9.97 Å². The van der Waals surface area contributed by atoms with E-state index < -0.39 is 0 Å². The third-order valence-electron chi connectivity index (χ3n) is 5.69. The predicted molar refractivity (Wildman–Crippen MR) is 137 cm³/mol. The molecule has 0 aliphatic heterocycles.